The number of benzene rings is 1. The molecule has 1 N–H and O–H groups in total. The SMILES string of the molecule is O=C(Cc1cc(-c2ccccc2)no1)NC1CCS(=O)(=O)C1. The zero-order chi connectivity index (χ0) is 15.6. The number of amides is 1. The van der Waals surface area contributed by atoms with E-state index in [1.54, 1.807) is 6.07 Å². The minimum atomic E-state index is -3.00. The van der Waals surface area contributed by atoms with Crippen molar-refractivity contribution in [1.82, 2.24) is 10.5 Å². The summed E-state index contributed by atoms with van der Waals surface area (Å²) in [5, 5.41) is 6.67. The molecule has 1 atom stereocenters. The van der Waals surface area contributed by atoms with E-state index in [1.807, 2.05) is 30.3 Å². The van der Waals surface area contributed by atoms with Crippen LogP contribution in [0, 0.1) is 0 Å². The van der Waals surface area contributed by atoms with Crippen LogP contribution in [0.25, 0.3) is 11.3 Å². The van der Waals surface area contributed by atoms with Gasteiger partial charge in [0.05, 0.1) is 17.9 Å². The third-order valence-electron chi connectivity index (χ3n) is 3.56. The summed E-state index contributed by atoms with van der Waals surface area (Å²) in [5.74, 6) is 0.359. The maximum atomic E-state index is 11.9. The van der Waals surface area contributed by atoms with Crippen LogP contribution in [0.3, 0.4) is 0 Å². The van der Waals surface area contributed by atoms with Crippen LogP contribution in [-0.4, -0.2) is 37.0 Å². The van der Waals surface area contributed by atoms with Crippen molar-refractivity contribution in [3.8, 4) is 11.3 Å². The number of hydrogen-bond donors (Lipinski definition) is 1. The van der Waals surface area contributed by atoms with E-state index >= 15 is 0 Å². The molecular formula is C15H16N2O4S. The minimum Gasteiger partial charge on any atom is -0.360 e. The van der Waals surface area contributed by atoms with Gasteiger partial charge >= 0.3 is 0 Å². The normalized spacial score (nSPS) is 19.9. The largest absolute Gasteiger partial charge is 0.360 e. The lowest BCUT2D eigenvalue weighted by Crippen LogP contribution is -2.36. The fourth-order valence-electron chi connectivity index (χ4n) is 2.49. The fourth-order valence-corrected chi connectivity index (χ4v) is 4.16. The van der Waals surface area contributed by atoms with Crippen LogP contribution < -0.4 is 5.32 Å². The summed E-state index contributed by atoms with van der Waals surface area (Å²) in [6.07, 6.45) is 0.524. The van der Waals surface area contributed by atoms with Gasteiger partial charge in [-0.05, 0) is 6.42 Å². The molecule has 0 bridgehead atoms. The highest BCUT2D eigenvalue weighted by Gasteiger charge is 2.29. The molecular weight excluding hydrogens is 304 g/mol. The van der Waals surface area contributed by atoms with E-state index in [1.165, 1.54) is 0 Å². The first-order valence-corrected chi connectivity index (χ1v) is 8.85. The monoisotopic (exact) mass is 320 g/mol. The molecule has 0 aliphatic carbocycles. The minimum absolute atomic E-state index is 0.0183. The highest BCUT2D eigenvalue weighted by molar-refractivity contribution is 7.91. The van der Waals surface area contributed by atoms with Crippen molar-refractivity contribution >= 4 is 15.7 Å². The summed E-state index contributed by atoms with van der Waals surface area (Å²) in [4.78, 5) is 11.9. The molecule has 3 rings (SSSR count). The van der Waals surface area contributed by atoms with Gasteiger partial charge in [0.2, 0.25) is 5.91 Å². The number of aromatic nitrogens is 1. The van der Waals surface area contributed by atoms with Gasteiger partial charge in [0, 0.05) is 17.7 Å². The molecule has 1 saturated heterocycles. The second-order valence-electron chi connectivity index (χ2n) is 5.39. The molecule has 22 heavy (non-hydrogen) atoms. The van der Waals surface area contributed by atoms with Crippen LogP contribution in [0.15, 0.2) is 40.9 Å². The van der Waals surface area contributed by atoms with Gasteiger partial charge in [0.15, 0.2) is 9.84 Å². The molecule has 0 radical (unpaired) electrons. The predicted molar refractivity (Wildman–Crippen MR) is 80.8 cm³/mol. The van der Waals surface area contributed by atoms with Gasteiger partial charge in [-0.25, -0.2) is 8.42 Å². The molecule has 2 aromatic rings. The van der Waals surface area contributed by atoms with Crippen molar-refractivity contribution < 1.29 is 17.7 Å². The molecule has 1 aromatic carbocycles. The molecule has 0 spiro atoms. The molecule has 1 aliphatic heterocycles. The van der Waals surface area contributed by atoms with E-state index in [4.69, 9.17) is 4.52 Å². The molecule has 0 saturated carbocycles. The first-order chi connectivity index (χ1) is 10.5. The lowest BCUT2D eigenvalue weighted by atomic mass is 10.1. The van der Waals surface area contributed by atoms with Gasteiger partial charge in [0.1, 0.15) is 11.5 Å². The maximum absolute atomic E-state index is 11.9. The number of sulfone groups is 1. The zero-order valence-electron chi connectivity index (χ0n) is 11.9. The topological polar surface area (TPSA) is 89.3 Å². The van der Waals surface area contributed by atoms with E-state index < -0.39 is 9.84 Å². The van der Waals surface area contributed by atoms with Crippen LogP contribution in [-0.2, 0) is 21.1 Å². The molecule has 116 valence electrons. The summed E-state index contributed by atoms with van der Waals surface area (Å²) in [6.45, 7) is 0. The number of nitrogens with one attached hydrogen (secondary N) is 1. The average Bonchev–Trinajstić information content (AvgIpc) is 3.06. The van der Waals surface area contributed by atoms with Crippen molar-refractivity contribution in [2.45, 2.75) is 18.9 Å². The summed E-state index contributed by atoms with van der Waals surface area (Å²) in [5.41, 5.74) is 1.59. The van der Waals surface area contributed by atoms with E-state index in [9.17, 15) is 13.2 Å². The van der Waals surface area contributed by atoms with Gasteiger partial charge in [-0.1, -0.05) is 35.5 Å². The summed E-state index contributed by atoms with van der Waals surface area (Å²) in [6, 6.07) is 11.0. The van der Waals surface area contributed by atoms with Crippen molar-refractivity contribution in [2.75, 3.05) is 11.5 Å². The third-order valence-corrected chi connectivity index (χ3v) is 5.33. The highest BCUT2D eigenvalue weighted by atomic mass is 32.2. The van der Waals surface area contributed by atoms with Crippen molar-refractivity contribution in [1.29, 1.82) is 0 Å². The Hall–Kier alpha value is -2.15. The second-order valence-corrected chi connectivity index (χ2v) is 7.62. The Morgan fingerprint density at radius 3 is 2.77 bits per heavy atom. The van der Waals surface area contributed by atoms with Crippen molar-refractivity contribution in [3.63, 3.8) is 0 Å². The Morgan fingerprint density at radius 1 is 1.32 bits per heavy atom. The van der Waals surface area contributed by atoms with E-state index in [2.05, 4.69) is 10.5 Å². The van der Waals surface area contributed by atoms with Gasteiger partial charge in [0.25, 0.3) is 0 Å². The number of nitrogens with zero attached hydrogens (tertiary/aromatic N) is 1. The first-order valence-electron chi connectivity index (χ1n) is 7.03. The van der Waals surface area contributed by atoms with Gasteiger partial charge in [-0.15, -0.1) is 0 Å². The Kier molecular flexibility index (Phi) is 3.98. The Bertz CT molecular complexity index is 768. The van der Waals surface area contributed by atoms with Crippen molar-refractivity contribution in [2.24, 2.45) is 0 Å². The van der Waals surface area contributed by atoms with Crippen LogP contribution >= 0.6 is 0 Å². The Morgan fingerprint density at radius 2 is 2.09 bits per heavy atom. The molecule has 6 nitrogen and oxygen atoms in total. The van der Waals surface area contributed by atoms with E-state index in [0.717, 1.165) is 5.56 Å². The fraction of sp³-hybridized carbons (Fsp3) is 0.333. The van der Waals surface area contributed by atoms with Crippen LogP contribution in [0.4, 0.5) is 0 Å². The molecule has 1 fully saturated rings. The van der Waals surface area contributed by atoms with Crippen LogP contribution in [0.1, 0.15) is 12.2 Å². The number of hydrogen-bond acceptors (Lipinski definition) is 5. The van der Waals surface area contributed by atoms with Gasteiger partial charge in [-0.3, -0.25) is 4.79 Å². The van der Waals surface area contributed by atoms with E-state index in [-0.39, 0.29) is 29.9 Å². The summed E-state index contributed by atoms with van der Waals surface area (Å²) < 4.78 is 27.9. The molecule has 1 unspecified atom stereocenters. The quantitative estimate of drug-likeness (QED) is 0.914. The smallest absolute Gasteiger partial charge is 0.227 e. The average molecular weight is 320 g/mol. The van der Waals surface area contributed by atoms with Gasteiger partial charge < -0.3 is 9.84 Å². The Labute approximate surface area is 128 Å². The highest BCUT2D eigenvalue weighted by Crippen LogP contribution is 2.19. The summed E-state index contributed by atoms with van der Waals surface area (Å²) in [7, 11) is -3.00. The lowest BCUT2D eigenvalue weighted by Gasteiger charge is -2.09. The predicted octanol–water partition coefficient (Wildman–Crippen LogP) is 1.19. The molecule has 2 heterocycles. The van der Waals surface area contributed by atoms with Crippen LogP contribution in [0.5, 0.6) is 0 Å². The third kappa shape index (κ3) is 3.54. The molecule has 1 amide bonds. The zero-order valence-corrected chi connectivity index (χ0v) is 12.7. The first kappa shape index (κ1) is 14.8. The standard InChI is InChI=1S/C15H16N2O4S/c18-15(16-12-6-7-22(19,20)10-12)9-13-8-14(17-21-13)11-4-2-1-3-5-11/h1-5,8,12H,6-7,9-10H2,(H,16,18). The Balaban J connectivity index is 1.60. The molecule has 1 aromatic heterocycles. The van der Waals surface area contributed by atoms with E-state index in [0.29, 0.717) is 17.9 Å². The molecule has 1 aliphatic rings. The number of carbonyl (C=O) groups is 1. The van der Waals surface area contributed by atoms with Gasteiger partial charge in [-0.2, -0.15) is 0 Å². The number of carbonyl (C=O) groups excluding carboxylic acids is 1. The number of rotatable bonds is 4. The second kappa shape index (κ2) is 5.92. The van der Waals surface area contributed by atoms with Crippen molar-refractivity contribution in [3.05, 3.63) is 42.2 Å². The lowest BCUT2D eigenvalue weighted by molar-refractivity contribution is -0.121. The van der Waals surface area contributed by atoms with Crippen LogP contribution in [0.2, 0.25) is 0 Å². The summed E-state index contributed by atoms with van der Waals surface area (Å²) >= 11 is 0. The maximum Gasteiger partial charge on any atom is 0.227 e. The molecule has 7 heteroatoms.